The van der Waals surface area contributed by atoms with Gasteiger partial charge in [0.05, 0.1) is 12.8 Å². The van der Waals surface area contributed by atoms with Gasteiger partial charge >= 0.3 is 0 Å². The third-order valence-electron chi connectivity index (χ3n) is 3.77. The Morgan fingerprint density at radius 1 is 1.20 bits per heavy atom. The van der Waals surface area contributed by atoms with Crippen molar-refractivity contribution in [2.24, 2.45) is 11.8 Å². The molecule has 20 heavy (non-hydrogen) atoms. The average Bonchev–Trinajstić information content (AvgIpc) is 2.47. The molecule has 1 saturated carbocycles. The first-order valence-electron chi connectivity index (χ1n) is 6.78. The maximum Gasteiger partial charge on any atom is 0.228 e. The highest BCUT2D eigenvalue weighted by atomic mass is 16.5. The highest BCUT2D eigenvalue weighted by molar-refractivity contribution is 5.96. The number of anilines is 1. The Morgan fingerprint density at radius 2 is 1.85 bits per heavy atom. The summed E-state index contributed by atoms with van der Waals surface area (Å²) in [5.74, 6) is -2.08. The smallest absolute Gasteiger partial charge is 0.228 e. The Kier molecular flexibility index (Phi) is 4.61. The number of hydrogen-bond donors (Lipinski definition) is 1. The molecule has 0 bridgehead atoms. The zero-order valence-corrected chi connectivity index (χ0v) is 11.4. The van der Waals surface area contributed by atoms with Gasteiger partial charge in [-0.2, -0.15) is 0 Å². The van der Waals surface area contributed by atoms with Crippen molar-refractivity contribution in [2.45, 2.75) is 25.7 Å². The molecule has 0 spiro atoms. The van der Waals surface area contributed by atoms with Crippen molar-refractivity contribution in [2.75, 3.05) is 12.4 Å². The molecule has 108 valence electrons. The van der Waals surface area contributed by atoms with Crippen molar-refractivity contribution < 1.29 is 19.4 Å². The molecular weight excluding hydrogens is 258 g/mol. The topological polar surface area (TPSA) is 78.5 Å². The lowest BCUT2D eigenvalue weighted by Gasteiger charge is -2.31. The van der Waals surface area contributed by atoms with Crippen LogP contribution in [0.1, 0.15) is 25.7 Å². The summed E-state index contributed by atoms with van der Waals surface area (Å²) in [7, 11) is 1.52. The van der Waals surface area contributed by atoms with Gasteiger partial charge in [-0.3, -0.25) is 4.79 Å². The van der Waals surface area contributed by atoms with Gasteiger partial charge in [0.15, 0.2) is 0 Å². The Bertz CT molecular complexity index is 500. The molecule has 1 amide bonds. The second kappa shape index (κ2) is 6.41. The number of benzene rings is 1. The molecule has 0 aliphatic heterocycles. The van der Waals surface area contributed by atoms with Gasteiger partial charge in [-0.15, -0.1) is 0 Å². The number of hydrogen-bond acceptors (Lipinski definition) is 4. The molecule has 2 rings (SSSR count). The Hall–Kier alpha value is -2.04. The average molecular weight is 276 g/mol. The van der Waals surface area contributed by atoms with Crippen molar-refractivity contribution in [3.8, 4) is 5.75 Å². The minimum absolute atomic E-state index is 0.275. The van der Waals surface area contributed by atoms with E-state index in [0.29, 0.717) is 24.3 Å². The maximum atomic E-state index is 12.3. The van der Waals surface area contributed by atoms with Gasteiger partial charge in [-0.25, -0.2) is 0 Å². The zero-order valence-electron chi connectivity index (χ0n) is 11.4. The fourth-order valence-electron chi connectivity index (χ4n) is 2.70. The van der Waals surface area contributed by atoms with E-state index in [0.717, 1.165) is 12.8 Å². The number of carboxylic acids is 1. The summed E-state index contributed by atoms with van der Waals surface area (Å²) in [6.07, 6.45) is 2.79. The first kappa shape index (κ1) is 14.4. The second-order valence-corrected chi connectivity index (χ2v) is 5.01. The van der Waals surface area contributed by atoms with Gasteiger partial charge in [-0.1, -0.05) is 25.0 Å². The SMILES string of the molecule is COc1ccccc1NC(=O)C1CCCCC1C(=O)[O-]. The van der Waals surface area contributed by atoms with Crippen LogP contribution in [0.2, 0.25) is 0 Å². The number of carbonyl (C=O) groups is 2. The molecule has 1 fully saturated rings. The summed E-state index contributed by atoms with van der Waals surface area (Å²) in [6.45, 7) is 0. The Balaban J connectivity index is 2.12. The lowest BCUT2D eigenvalue weighted by molar-refractivity contribution is -0.313. The van der Waals surface area contributed by atoms with Gasteiger partial charge in [0, 0.05) is 17.8 Å². The predicted molar refractivity (Wildman–Crippen MR) is 72.1 cm³/mol. The molecule has 5 heteroatoms. The summed E-state index contributed by atoms with van der Waals surface area (Å²) in [4.78, 5) is 23.4. The molecule has 2 unspecified atom stereocenters. The monoisotopic (exact) mass is 276 g/mol. The fraction of sp³-hybridized carbons (Fsp3) is 0.467. The van der Waals surface area contributed by atoms with Crippen molar-refractivity contribution in [1.82, 2.24) is 0 Å². The van der Waals surface area contributed by atoms with E-state index in [4.69, 9.17) is 4.74 Å². The van der Waals surface area contributed by atoms with E-state index >= 15 is 0 Å². The van der Waals surface area contributed by atoms with E-state index in [1.807, 2.05) is 0 Å². The van der Waals surface area contributed by atoms with Crippen LogP contribution in [-0.4, -0.2) is 19.0 Å². The number of methoxy groups -OCH3 is 1. The summed E-state index contributed by atoms with van der Waals surface area (Å²) in [5, 5.41) is 13.9. The number of ether oxygens (including phenoxy) is 1. The molecule has 0 radical (unpaired) electrons. The minimum Gasteiger partial charge on any atom is -0.550 e. The van der Waals surface area contributed by atoms with Crippen molar-refractivity contribution >= 4 is 17.6 Å². The van der Waals surface area contributed by atoms with Crippen LogP contribution in [0.4, 0.5) is 5.69 Å². The van der Waals surface area contributed by atoms with Crippen LogP contribution in [-0.2, 0) is 9.59 Å². The standard InChI is InChI=1S/C15H19NO4/c1-20-13-9-5-4-8-12(13)16-14(17)10-6-2-3-7-11(10)15(18)19/h4-5,8-11H,2-3,6-7H2,1H3,(H,16,17)(H,18,19)/p-1. The van der Waals surface area contributed by atoms with Crippen LogP contribution in [0, 0.1) is 11.8 Å². The Morgan fingerprint density at radius 3 is 2.50 bits per heavy atom. The summed E-state index contributed by atoms with van der Waals surface area (Å²) >= 11 is 0. The summed E-state index contributed by atoms with van der Waals surface area (Å²) in [5.41, 5.74) is 0.558. The second-order valence-electron chi connectivity index (χ2n) is 5.01. The van der Waals surface area contributed by atoms with Gasteiger partial charge < -0.3 is 20.0 Å². The molecule has 1 N–H and O–H groups in total. The van der Waals surface area contributed by atoms with Crippen LogP contribution in [0.25, 0.3) is 0 Å². The summed E-state index contributed by atoms with van der Waals surface area (Å²) < 4.78 is 5.16. The molecule has 5 nitrogen and oxygen atoms in total. The number of rotatable bonds is 4. The van der Waals surface area contributed by atoms with Crippen LogP contribution in [0.15, 0.2) is 24.3 Å². The normalized spacial score (nSPS) is 22.1. The molecule has 1 aromatic carbocycles. The molecule has 2 atom stereocenters. The number of carboxylic acid groups (broad SMARTS) is 1. The molecule has 1 aliphatic rings. The molecule has 0 saturated heterocycles. The number of nitrogens with one attached hydrogen (secondary N) is 1. The van der Waals surface area contributed by atoms with Crippen molar-refractivity contribution in [3.05, 3.63) is 24.3 Å². The number of amides is 1. The number of carbonyl (C=O) groups excluding carboxylic acids is 2. The number of aliphatic carboxylic acids is 1. The van der Waals surface area contributed by atoms with Crippen LogP contribution in [0.3, 0.4) is 0 Å². The van der Waals surface area contributed by atoms with E-state index in [1.165, 1.54) is 7.11 Å². The van der Waals surface area contributed by atoms with Crippen LogP contribution < -0.4 is 15.2 Å². The fourth-order valence-corrected chi connectivity index (χ4v) is 2.70. The molecule has 1 aromatic rings. The van der Waals surface area contributed by atoms with Gasteiger partial charge in [0.1, 0.15) is 5.75 Å². The molecular formula is C15H18NO4-. The van der Waals surface area contributed by atoms with Crippen molar-refractivity contribution in [1.29, 1.82) is 0 Å². The van der Waals surface area contributed by atoms with E-state index < -0.39 is 17.8 Å². The predicted octanol–water partition coefficient (Wildman–Crippen LogP) is 1.19. The molecule has 0 aromatic heterocycles. The Labute approximate surface area is 117 Å². The summed E-state index contributed by atoms with van der Waals surface area (Å²) in [6, 6.07) is 7.06. The van der Waals surface area contributed by atoms with E-state index in [1.54, 1.807) is 24.3 Å². The van der Waals surface area contributed by atoms with Gasteiger partial charge in [0.25, 0.3) is 0 Å². The lowest BCUT2D eigenvalue weighted by Crippen LogP contribution is -2.42. The molecule has 1 aliphatic carbocycles. The quantitative estimate of drug-likeness (QED) is 0.896. The molecule has 0 heterocycles. The largest absolute Gasteiger partial charge is 0.550 e. The van der Waals surface area contributed by atoms with E-state index in [9.17, 15) is 14.7 Å². The maximum absolute atomic E-state index is 12.3. The van der Waals surface area contributed by atoms with E-state index in [-0.39, 0.29) is 5.91 Å². The third kappa shape index (κ3) is 3.10. The van der Waals surface area contributed by atoms with Gasteiger partial charge in [-0.05, 0) is 25.0 Å². The number of para-hydroxylation sites is 2. The highest BCUT2D eigenvalue weighted by Crippen LogP contribution is 2.32. The lowest BCUT2D eigenvalue weighted by atomic mass is 9.78. The first-order chi connectivity index (χ1) is 9.63. The van der Waals surface area contributed by atoms with Crippen LogP contribution in [0.5, 0.6) is 5.75 Å². The highest BCUT2D eigenvalue weighted by Gasteiger charge is 2.32. The minimum atomic E-state index is -1.13. The van der Waals surface area contributed by atoms with E-state index in [2.05, 4.69) is 5.32 Å². The van der Waals surface area contributed by atoms with Gasteiger partial charge in [0.2, 0.25) is 5.91 Å². The van der Waals surface area contributed by atoms with Crippen molar-refractivity contribution in [3.63, 3.8) is 0 Å². The first-order valence-corrected chi connectivity index (χ1v) is 6.78. The van der Waals surface area contributed by atoms with Crippen LogP contribution >= 0.6 is 0 Å². The third-order valence-corrected chi connectivity index (χ3v) is 3.77. The zero-order chi connectivity index (χ0) is 14.5.